The lowest BCUT2D eigenvalue weighted by Crippen LogP contribution is -2.15. The van der Waals surface area contributed by atoms with E-state index in [4.69, 9.17) is 5.73 Å². The van der Waals surface area contributed by atoms with Crippen molar-refractivity contribution >= 4 is 50.8 Å². The summed E-state index contributed by atoms with van der Waals surface area (Å²) < 4.78 is 0. The van der Waals surface area contributed by atoms with Gasteiger partial charge in [0.25, 0.3) is 5.91 Å². The zero-order valence-electron chi connectivity index (χ0n) is 15.9. The monoisotopic (exact) mass is 394 g/mol. The Morgan fingerprint density at radius 2 is 1.61 bits per heavy atom. The molecule has 1 heterocycles. The summed E-state index contributed by atoms with van der Waals surface area (Å²) in [5.41, 5.74) is 9.11. The molecule has 0 unspecified atom stereocenters. The number of thiophene rings is 1. The number of nitrogen functional groups attached to an aromatic ring is 1. The molecule has 3 aromatic rings. The number of para-hydroxylation sites is 1. The van der Waals surface area contributed by atoms with Crippen LogP contribution in [-0.2, 0) is 0 Å². The second kappa shape index (κ2) is 8.14. The highest BCUT2D eigenvalue weighted by molar-refractivity contribution is 7.19. The number of nitrogens with one attached hydrogen (secondary N) is 2. The number of rotatable bonds is 6. The van der Waals surface area contributed by atoms with E-state index in [9.17, 15) is 9.59 Å². The van der Waals surface area contributed by atoms with E-state index in [0.717, 1.165) is 11.4 Å². The van der Waals surface area contributed by atoms with Gasteiger partial charge in [0.1, 0.15) is 5.00 Å². The molecule has 3 rings (SSSR count). The number of amides is 1. The van der Waals surface area contributed by atoms with Crippen LogP contribution in [0.5, 0.6) is 0 Å². The Kier molecular flexibility index (Phi) is 5.65. The number of ketones is 1. The molecule has 0 aliphatic heterocycles. The van der Waals surface area contributed by atoms with E-state index in [1.165, 1.54) is 18.3 Å². The fourth-order valence-electron chi connectivity index (χ4n) is 2.71. The Morgan fingerprint density at radius 3 is 2.18 bits per heavy atom. The molecule has 0 fully saturated rings. The van der Waals surface area contributed by atoms with Gasteiger partial charge in [0.05, 0.1) is 16.1 Å². The lowest BCUT2D eigenvalue weighted by atomic mass is 10.1. The zero-order valence-corrected chi connectivity index (χ0v) is 16.8. The molecule has 144 valence electrons. The van der Waals surface area contributed by atoms with Gasteiger partial charge in [-0.15, -0.1) is 11.3 Å². The van der Waals surface area contributed by atoms with Crippen LogP contribution in [0.3, 0.4) is 0 Å². The minimum absolute atomic E-state index is 0.173. The topological polar surface area (TPSA) is 87.5 Å². The first-order chi connectivity index (χ1) is 13.4. The van der Waals surface area contributed by atoms with E-state index in [0.29, 0.717) is 15.6 Å². The van der Waals surface area contributed by atoms with Crippen molar-refractivity contribution in [1.29, 1.82) is 0 Å². The average Bonchev–Trinajstić information content (AvgIpc) is 2.99. The smallest absolute Gasteiger partial charge is 0.260 e. The molecule has 4 N–H and O–H groups in total. The van der Waals surface area contributed by atoms with Gasteiger partial charge in [-0.3, -0.25) is 9.59 Å². The molecule has 0 atom stereocenters. The maximum absolute atomic E-state index is 13.0. The number of anilines is 5. The first kappa shape index (κ1) is 19.4. The molecule has 28 heavy (non-hydrogen) atoms. The third-order valence-electron chi connectivity index (χ3n) is 4.17. The summed E-state index contributed by atoms with van der Waals surface area (Å²) in [7, 11) is 3.90. The van der Waals surface area contributed by atoms with E-state index < -0.39 is 0 Å². The van der Waals surface area contributed by atoms with Crippen molar-refractivity contribution in [1.82, 2.24) is 0 Å². The molecule has 6 nitrogen and oxygen atoms in total. The molecule has 0 bridgehead atoms. The second-order valence-corrected chi connectivity index (χ2v) is 7.51. The third kappa shape index (κ3) is 4.15. The Hall–Kier alpha value is -3.32. The van der Waals surface area contributed by atoms with Crippen LogP contribution in [0.4, 0.5) is 27.8 Å². The van der Waals surface area contributed by atoms with Gasteiger partial charge in [-0.2, -0.15) is 0 Å². The minimum atomic E-state index is -0.364. The second-order valence-electron chi connectivity index (χ2n) is 6.49. The third-order valence-corrected chi connectivity index (χ3v) is 5.39. The van der Waals surface area contributed by atoms with Gasteiger partial charge < -0.3 is 21.3 Å². The van der Waals surface area contributed by atoms with Crippen LogP contribution in [0, 0.1) is 0 Å². The lowest BCUT2D eigenvalue weighted by Gasteiger charge is -2.13. The number of Topliss-reactive ketones (excluding diaryl/α,β-unsaturated/α-hetero) is 1. The van der Waals surface area contributed by atoms with Crippen LogP contribution in [-0.4, -0.2) is 25.8 Å². The standard InChI is InChI=1S/C21H22N4O2S/c1-13(26)19-18(22)17(21(28-19)24-14-7-5-4-6-8-14)20(27)23-15-9-11-16(12-10-15)25(2)3/h4-12,24H,22H2,1-3H3,(H,23,27). The molecule has 2 aromatic carbocycles. The SMILES string of the molecule is CC(=O)c1sc(Nc2ccccc2)c(C(=O)Nc2ccc(N(C)C)cc2)c1N. The van der Waals surface area contributed by atoms with Gasteiger partial charge in [-0.25, -0.2) is 0 Å². The Balaban J connectivity index is 1.92. The molecular formula is C21H22N4O2S. The molecule has 0 aliphatic rings. The van der Waals surface area contributed by atoms with E-state index >= 15 is 0 Å². The number of carbonyl (C=O) groups is 2. The van der Waals surface area contributed by atoms with E-state index in [-0.39, 0.29) is 22.9 Å². The number of carbonyl (C=O) groups excluding carboxylic acids is 2. The lowest BCUT2D eigenvalue weighted by molar-refractivity contribution is 0.102. The average molecular weight is 395 g/mol. The van der Waals surface area contributed by atoms with Crippen molar-refractivity contribution in [3.8, 4) is 0 Å². The number of benzene rings is 2. The molecule has 0 saturated heterocycles. The van der Waals surface area contributed by atoms with Crippen molar-refractivity contribution in [2.75, 3.05) is 35.4 Å². The van der Waals surface area contributed by atoms with Crippen molar-refractivity contribution in [3.63, 3.8) is 0 Å². The predicted molar refractivity (Wildman–Crippen MR) is 117 cm³/mol. The van der Waals surface area contributed by atoms with Crippen LogP contribution in [0.25, 0.3) is 0 Å². The van der Waals surface area contributed by atoms with Crippen molar-refractivity contribution < 1.29 is 9.59 Å². The summed E-state index contributed by atoms with van der Waals surface area (Å²) in [4.78, 5) is 27.2. The number of nitrogens with two attached hydrogens (primary N) is 1. The predicted octanol–water partition coefficient (Wildman–Crippen LogP) is 4.59. The summed E-state index contributed by atoms with van der Waals surface area (Å²) >= 11 is 1.18. The van der Waals surface area contributed by atoms with Gasteiger partial charge >= 0.3 is 0 Å². The Labute approximate surface area is 168 Å². The van der Waals surface area contributed by atoms with Gasteiger partial charge in [-0.1, -0.05) is 18.2 Å². The summed E-state index contributed by atoms with van der Waals surface area (Å²) in [5.74, 6) is -0.537. The summed E-state index contributed by atoms with van der Waals surface area (Å²) in [6.45, 7) is 1.44. The van der Waals surface area contributed by atoms with Crippen LogP contribution >= 0.6 is 11.3 Å². The van der Waals surface area contributed by atoms with E-state index in [2.05, 4.69) is 10.6 Å². The molecular weight excluding hydrogens is 372 g/mol. The summed E-state index contributed by atoms with van der Waals surface area (Å²) in [6, 6.07) is 16.9. The van der Waals surface area contributed by atoms with Crippen molar-refractivity contribution in [2.24, 2.45) is 0 Å². The molecule has 0 saturated carbocycles. The van der Waals surface area contributed by atoms with Crippen LogP contribution < -0.4 is 21.3 Å². The first-order valence-electron chi connectivity index (χ1n) is 8.71. The Bertz CT molecular complexity index is 995. The largest absolute Gasteiger partial charge is 0.397 e. The molecule has 0 spiro atoms. The highest BCUT2D eigenvalue weighted by Crippen LogP contribution is 2.38. The first-order valence-corrected chi connectivity index (χ1v) is 9.52. The number of hydrogen-bond acceptors (Lipinski definition) is 6. The fraction of sp³-hybridized carbons (Fsp3) is 0.143. The zero-order chi connectivity index (χ0) is 20.3. The highest BCUT2D eigenvalue weighted by Gasteiger charge is 2.24. The van der Waals surface area contributed by atoms with E-state index in [1.54, 1.807) is 0 Å². The molecule has 0 radical (unpaired) electrons. The molecule has 1 aromatic heterocycles. The molecule has 0 aliphatic carbocycles. The minimum Gasteiger partial charge on any atom is -0.397 e. The van der Waals surface area contributed by atoms with E-state index in [1.807, 2.05) is 73.6 Å². The van der Waals surface area contributed by atoms with Gasteiger partial charge in [0.15, 0.2) is 5.78 Å². The van der Waals surface area contributed by atoms with Crippen LogP contribution in [0.15, 0.2) is 54.6 Å². The normalized spacial score (nSPS) is 10.4. The number of nitrogens with zero attached hydrogens (tertiary/aromatic N) is 1. The van der Waals surface area contributed by atoms with Gasteiger partial charge in [0, 0.05) is 38.1 Å². The fourth-order valence-corrected chi connectivity index (χ4v) is 3.74. The highest BCUT2D eigenvalue weighted by atomic mass is 32.1. The Morgan fingerprint density at radius 1 is 0.964 bits per heavy atom. The maximum Gasteiger partial charge on any atom is 0.260 e. The van der Waals surface area contributed by atoms with Crippen molar-refractivity contribution in [3.05, 3.63) is 65.0 Å². The maximum atomic E-state index is 13.0. The van der Waals surface area contributed by atoms with Crippen LogP contribution in [0.1, 0.15) is 27.0 Å². The van der Waals surface area contributed by atoms with Gasteiger partial charge in [0.2, 0.25) is 0 Å². The number of hydrogen-bond donors (Lipinski definition) is 3. The summed E-state index contributed by atoms with van der Waals surface area (Å²) in [5, 5.41) is 6.60. The van der Waals surface area contributed by atoms with Crippen molar-refractivity contribution in [2.45, 2.75) is 6.92 Å². The summed E-state index contributed by atoms with van der Waals surface area (Å²) in [6.07, 6.45) is 0. The van der Waals surface area contributed by atoms with Gasteiger partial charge in [-0.05, 0) is 36.4 Å². The van der Waals surface area contributed by atoms with Crippen LogP contribution in [0.2, 0.25) is 0 Å². The molecule has 1 amide bonds. The molecule has 7 heteroatoms. The quantitative estimate of drug-likeness (QED) is 0.532.